The Morgan fingerprint density at radius 3 is 2.46 bits per heavy atom. The minimum Gasteiger partial charge on any atom is -0.247 e. The van der Waals surface area contributed by atoms with Crippen LogP contribution < -0.4 is 0 Å². The summed E-state index contributed by atoms with van der Waals surface area (Å²) in [7, 11) is -6.86. The molecule has 0 amide bonds. The van der Waals surface area contributed by atoms with Gasteiger partial charge in [0.05, 0.1) is 5.41 Å². The Hall–Kier alpha value is -0.690. The summed E-state index contributed by atoms with van der Waals surface area (Å²) in [6, 6.07) is 0. The first-order valence-corrected chi connectivity index (χ1v) is 6.93. The van der Waals surface area contributed by atoms with E-state index in [2.05, 4.69) is 4.99 Å². The van der Waals surface area contributed by atoms with Crippen LogP contribution in [0.1, 0.15) is 6.92 Å². The summed E-state index contributed by atoms with van der Waals surface area (Å²) in [6.07, 6.45) is 1.09. The molecular formula is C6H9NO4S2. The van der Waals surface area contributed by atoms with Crippen LogP contribution in [-0.4, -0.2) is 33.4 Å². The molecule has 0 aromatic carbocycles. The van der Waals surface area contributed by atoms with Crippen molar-refractivity contribution in [3.8, 4) is 0 Å². The van der Waals surface area contributed by atoms with Gasteiger partial charge in [0.25, 0.3) is 0 Å². The van der Waals surface area contributed by atoms with E-state index in [0.29, 0.717) is 0 Å². The fourth-order valence-corrected chi connectivity index (χ4v) is 3.19. The monoisotopic (exact) mass is 223 g/mol. The average Bonchev–Trinajstić information content (AvgIpc) is 2.31. The quantitative estimate of drug-likeness (QED) is 0.659. The minimum absolute atomic E-state index is 0.0818. The molecule has 0 unspecified atom stereocenters. The molecule has 7 heteroatoms. The van der Waals surface area contributed by atoms with Gasteiger partial charge in [-0.25, -0.2) is 21.8 Å². The topological polar surface area (TPSA) is 80.6 Å². The molecule has 0 spiro atoms. The Labute approximate surface area is 77.0 Å². The Balaban J connectivity index is 2.93. The van der Waals surface area contributed by atoms with Crippen LogP contribution in [-0.2, 0) is 19.7 Å². The van der Waals surface area contributed by atoms with Gasteiger partial charge in [0, 0.05) is 12.0 Å². The number of nitrogens with zero attached hydrogens (tertiary/aromatic N) is 1. The number of hydrogen-bond acceptors (Lipinski definition) is 5. The highest BCUT2D eigenvalue weighted by molar-refractivity contribution is 8.11. The molecule has 0 aliphatic carbocycles. The zero-order valence-electron chi connectivity index (χ0n) is 6.97. The predicted molar refractivity (Wildman–Crippen MR) is 49.8 cm³/mol. The Morgan fingerprint density at radius 1 is 1.46 bits per heavy atom. The molecule has 0 aromatic rings. The smallest absolute Gasteiger partial charge is 0.215 e. The molecule has 0 saturated carbocycles. The standard InChI is InChI=1S/C6H9NO4S2/c1-2-12(8,9)5-6-7-3-4-13(6,10)11/h3-4H,2,5H2,1H3. The Kier molecular flexibility index (Phi) is 2.58. The lowest BCUT2D eigenvalue weighted by atomic mass is 10.8. The molecular weight excluding hydrogens is 214 g/mol. The predicted octanol–water partition coefficient (Wildman–Crippen LogP) is -0.281. The van der Waals surface area contributed by atoms with Gasteiger partial charge in [-0.15, -0.1) is 0 Å². The highest BCUT2D eigenvalue weighted by Crippen LogP contribution is 2.08. The Bertz CT molecular complexity index is 455. The van der Waals surface area contributed by atoms with Crippen molar-refractivity contribution in [3.63, 3.8) is 0 Å². The summed E-state index contributed by atoms with van der Waals surface area (Å²) in [5, 5.41) is 0.613. The highest BCUT2D eigenvalue weighted by atomic mass is 32.2. The molecule has 5 nitrogen and oxygen atoms in total. The molecule has 13 heavy (non-hydrogen) atoms. The third-order valence-electron chi connectivity index (χ3n) is 1.57. The van der Waals surface area contributed by atoms with Gasteiger partial charge in [0.2, 0.25) is 9.84 Å². The number of rotatable bonds is 3. The van der Waals surface area contributed by atoms with Crippen molar-refractivity contribution in [1.29, 1.82) is 0 Å². The van der Waals surface area contributed by atoms with E-state index < -0.39 is 25.4 Å². The summed E-state index contributed by atoms with van der Waals surface area (Å²) in [5.41, 5.74) is 0. The van der Waals surface area contributed by atoms with Crippen LogP contribution in [0.25, 0.3) is 0 Å². The van der Waals surface area contributed by atoms with Crippen LogP contribution in [0.5, 0.6) is 0 Å². The lowest BCUT2D eigenvalue weighted by Crippen LogP contribution is -2.22. The molecule has 1 rings (SSSR count). The van der Waals surface area contributed by atoms with Gasteiger partial charge in [-0.2, -0.15) is 0 Å². The first-order chi connectivity index (χ1) is 5.87. The van der Waals surface area contributed by atoms with Gasteiger partial charge in [-0.05, 0) is 0 Å². The molecule has 0 atom stereocenters. The van der Waals surface area contributed by atoms with E-state index in [4.69, 9.17) is 0 Å². The van der Waals surface area contributed by atoms with Crippen molar-refractivity contribution in [2.75, 3.05) is 11.5 Å². The summed E-state index contributed by atoms with van der Waals surface area (Å²) in [6.45, 7) is 1.46. The van der Waals surface area contributed by atoms with Crippen LogP contribution >= 0.6 is 0 Å². The summed E-state index contributed by atoms with van der Waals surface area (Å²) < 4.78 is 44.3. The van der Waals surface area contributed by atoms with Crippen LogP contribution in [0.15, 0.2) is 16.6 Å². The van der Waals surface area contributed by atoms with E-state index in [1.807, 2.05) is 0 Å². The van der Waals surface area contributed by atoms with Crippen molar-refractivity contribution < 1.29 is 16.8 Å². The van der Waals surface area contributed by atoms with Gasteiger partial charge >= 0.3 is 0 Å². The van der Waals surface area contributed by atoms with Crippen molar-refractivity contribution in [2.24, 2.45) is 4.99 Å². The molecule has 1 heterocycles. The zero-order chi connectivity index (χ0) is 10.1. The van der Waals surface area contributed by atoms with Gasteiger partial charge in [0.1, 0.15) is 5.75 Å². The molecule has 0 N–H and O–H groups in total. The molecule has 0 aromatic heterocycles. The van der Waals surface area contributed by atoms with E-state index in [9.17, 15) is 16.8 Å². The minimum atomic E-state index is -3.54. The molecule has 0 fully saturated rings. The second-order valence-electron chi connectivity index (χ2n) is 2.53. The van der Waals surface area contributed by atoms with E-state index in [0.717, 1.165) is 11.6 Å². The average molecular weight is 223 g/mol. The molecule has 0 bridgehead atoms. The second kappa shape index (κ2) is 3.22. The van der Waals surface area contributed by atoms with E-state index in [-0.39, 0.29) is 10.8 Å². The maximum Gasteiger partial charge on any atom is 0.215 e. The SMILES string of the molecule is CCS(=O)(=O)CC1=NC=CS1(=O)=O. The third-order valence-corrected chi connectivity index (χ3v) is 4.73. The number of hydrogen-bond donors (Lipinski definition) is 0. The van der Waals surface area contributed by atoms with Crippen LogP contribution in [0.4, 0.5) is 0 Å². The molecule has 1 aliphatic rings. The number of aliphatic imine (C=N–C) groups is 1. The van der Waals surface area contributed by atoms with Crippen molar-refractivity contribution in [1.82, 2.24) is 0 Å². The fraction of sp³-hybridized carbons (Fsp3) is 0.500. The zero-order valence-corrected chi connectivity index (χ0v) is 8.60. The first kappa shape index (κ1) is 10.4. The van der Waals surface area contributed by atoms with Crippen molar-refractivity contribution in [3.05, 3.63) is 11.6 Å². The van der Waals surface area contributed by atoms with Gasteiger partial charge in [-0.1, -0.05) is 6.92 Å². The van der Waals surface area contributed by atoms with Crippen LogP contribution in [0.3, 0.4) is 0 Å². The van der Waals surface area contributed by atoms with Crippen LogP contribution in [0, 0.1) is 0 Å². The number of sulfone groups is 2. The molecule has 0 saturated heterocycles. The van der Waals surface area contributed by atoms with E-state index in [1.54, 1.807) is 0 Å². The molecule has 74 valence electrons. The fourth-order valence-electron chi connectivity index (χ4n) is 0.755. The molecule has 0 radical (unpaired) electrons. The lowest BCUT2D eigenvalue weighted by Gasteiger charge is -1.99. The second-order valence-corrected chi connectivity index (χ2v) is 6.72. The van der Waals surface area contributed by atoms with Gasteiger partial charge in [-0.3, -0.25) is 0 Å². The highest BCUT2D eigenvalue weighted by Gasteiger charge is 2.25. The molecule has 1 aliphatic heterocycles. The van der Waals surface area contributed by atoms with Crippen molar-refractivity contribution >= 4 is 24.7 Å². The van der Waals surface area contributed by atoms with Gasteiger partial charge < -0.3 is 0 Å². The maximum atomic E-state index is 11.1. The Morgan fingerprint density at radius 2 is 2.08 bits per heavy atom. The third kappa shape index (κ3) is 2.38. The summed E-state index contributed by atoms with van der Waals surface area (Å²) in [4.78, 5) is 3.49. The van der Waals surface area contributed by atoms with Crippen LogP contribution in [0.2, 0.25) is 0 Å². The van der Waals surface area contributed by atoms with E-state index in [1.165, 1.54) is 6.92 Å². The van der Waals surface area contributed by atoms with Crippen molar-refractivity contribution in [2.45, 2.75) is 6.92 Å². The lowest BCUT2D eigenvalue weighted by molar-refractivity contribution is 0.599. The summed E-state index contributed by atoms with van der Waals surface area (Å²) >= 11 is 0. The summed E-state index contributed by atoms with van der Waals surface area (Å²) in [5.74, 6) is -0.583. The van der Waals surface area contributed by atoms with E-state index >= 15 is 0 Å². The normalized spacial score (nSPS) is 20.2. The van der Waals surface area contributed by atoms with Gasteiger partial charge in [0.15, 0.2) is 14.9 Å². The largest absolute Gasteiger partial charge is 0.247 e. The maximum absolute atomic E-state index is 11.1. The first-order valence-electron chi connectivity index (χ1n) is 3.56.